The lowest BCUT2D eigenvalue weighted by atomic mass is 10.1. The number of aromatic nitrogens is 2. The van der Waals surface area contributed by atoms with E-state index in [1.807, 2.05) is 60.7 Å². The Morgan fingerprint density at radius 1 is 0.667 bits per heavy atom. The SMILES string of the molecule is Clc1ccc(-c2nc(N3CCN(c4ccccc4Cl)CC3)c3ccccc3n2)cc1. The first-order chi connectivity index (χ1) is 14.7. The topological polar surface area (TPSA) is 32.3 Å². The van der Waals surface area contributed by atoms with Gasteiger partial charge in [0.15, 0.2) is 5.82 Å². The van der Waals surface area contributed by atoms with Gasteiger partial charge < -0.3 is 9.80 Å². The zero-order valence-corrected chi connectivity index (χ0v) is 17.8. The van der Waals surface area contributed by atoms with Crippen molar-refractivity contribution in [2.24, 2.45) is 0 Å². The molecule has 1 aliphatic rings. The van der Waals surface area contributed by atoms with E-state index in [1.165, 1.54) is 0 Å². The predicted octanol–water partition coefficient (Wildman–Crippen LogP) is 5.93. The molecule has 0 unspecified atom stereocenters. The fourth-order valence-corrected chi connectivity index (χ4v) is 4.28. The largest absolute Gasteiger partial charge is 0.367 e. The average molecular weight is 435 g/mol. The van der Waals surface area contributed by atoms with Crippen LogP contribution in [0, 0.1) is 0 Å². The van der Waals surface area contributed by atoms with Gasteiger partial charge in [0.2, 0.25) is 0 Å². The van der Waals surface area contributed by atoms with Crippen molar-refractivity contribution in [2.45, 2.75) is 0 Å². The van der Waals surface area contributed by atoms with Gasteiger partial charge in [-0.1, -0.05) is 47.5 Å². The Morgan fingerprint density at radius 2 is 1.33 bits per heavy atom. The molecule has 0 saturated carbocycles. The van der Waals surface area contributed by atoms with Crippen LogP contribution in [0.3, 0.4) is 0 Å². The summed E-state index contributed by atoms with van der Waals surface area (Å²) in [6.07, 6.45) is 0. The molecule has 0 radical (unpaired) electrons. The summed E-state index contributed by atoms with van der Waals surface area (Å²) in [6, 6.07) is 23.9. The van der Waals surface area contributed by atoms with Crippen LogP contribution in [0.2, 0.25) is 10.0 Å². The highest BCUT2D eigenvalue weighted by molar-refractivity contribution is 6.33. The van der Waals surface area contributed by atoms with Gasteiger partial charge in [0.05, 0.1) is 16.2 Å². The molecule has 0 amide bonds. The number of rotatable bonds is 3. The summed E-state index contributed by atoms with van der Waals surface area (Å²) in [5, 5.41) is 2.57. The van der Waals surface area contributed by atoms with Crippen molar-refractivity contribution >= 4 is 45.6 Å². The van der Waals surface area contributed by atoms with E-state index in [0.717, 1.165) is 59.2 Å². The van der Waals surface area contributed by atoms with Gasteiger partial charge in [0, 0.05) is 42.2 Å². The molecule has 4 nitrogen and oxygen atoms in total. The van der Waals surface area contributed by atoms with Crippen molar-refractivity contribution in [2.75, 3.05) is 36.0 Å². The number of benzene rings is 3. The molecule has 30 heavy (non-hydrogen) atoms. The van der Waals surface area contributed by atoms with Crippen LogP contribution in [0.4, 0.5) is 11.5 Å². The van der Waals surface area contributed by atoms with Crippen LogP contribution < -0.4 is 9.80 Å². The van der Waals surface area contributed by atoms with E-state index in [2.05, 4.69) is 21.9 Å². The van der Waals surface area contributed by atoms with Crippen LogP contribution >= 0.6 is 23.2 Å². The van der Waals surface area contributed by atoms with Crippen molar-refractivity contribution in [1.82, 2.24) is 9.97 Å². The molecule has 0 bridgehead atoms. The number of hydrogen-bond acceptors (Lipinski definition) is 4. The molecule has 1 saturated heterocycles. The van der Waals surface area contributed by atoms with Crippen LogP contribution in [0.1, 0.15) is 0 Å². The van der Waals surface area contributed by atoms with Gasteiger partial charge in [-0.25, -0.2) is 9.97 Å². The summed E-state index contributed by atoms with van der Waals surface area (Å²) in [5.74, 6) is 1.69. The lowest BCUT2D eigenvalue weighted by molar-refractivity contribution is 0.649. The predicted molar refractivity (Wildman–Crippen MR) is 126 cm³/mol. The van der Waals surface area contributed by atoms with Crippen LogP contribution in [-0.4, -0.2) is 36.1 Å². The molecule has 0 N–H and O–H groups in total. The van der Waals surface area contributed by atoms with Crippen LogP contribution in [-0.2, 0) is 0 Å². The number of halogens is 2. The quantitative estimate of drug-likeness (QED) is 0.399. The highest BCUT2D eigenvalue weighted by Gasteiger charge is 2.22. The molecule has 150 valence electrons. The van der Waals surface area contributed by atoms with E-state index in [-0.39, 0.29) is 0 Å². The summed E-state index contributed by atoms with van der Waals surface area (Å²) in [4.78, 5) is 14.4. The maximum absolute atomic E-state index is 6.40. The highest BCUT2D eigenvalue weighted by atomic mass is 35.5. The smallest absolute Gasteiger partial charge is 0.162 e. The summed E-state index contributed by atoms with van der Waals surface area (Å²) in [5.41, 5.74) is 3.00. The van der Waals surface area contributed by atoms with Crippen LogP contribution in [0.5, 0.6) is 0 Å². The van der Waals surface area contributed by atoms with E-state index < -0.39 is 0 Å². The molecule has 1 aliphatic heterocycles. The second-order valence-electron chi connectivity index (χ2n) is 7.32. The van der Waals surface area contributed by atoms with Crippen molar-refractivity contribution in [1.29, 1.82) is 0 Å². The normalized spacial score (nSPS) is 14.3. The summed E-state index contributed by atoms with van der Waals surface area (Å²) < 4.78 is 0. The van der Waals surface area contributed by atoms with E-state index in [1.54, 1.807) is 0 Å². The molecular formula is C24H20Cl2N4. The number of nitrogens with zero attached hydrogens (tertiary/aromatic N) is 4. The minimum Gasteiger partial charge on any atom is -0.367 e. The third-order valence-electron chi connectivity index (χ3n) is 5.46. The van der Waals surface area contributed by atoms with Gasteiger partial charge in [-0.3, -0.25) is 0 Å². The molecule has 1 fully saturated rings. The zero-order valence-electron chi connectivity index (χ0n) is 16.3. The molecule has 4 aromatic rings. The van der Waals surface area contributed by atoms with E-state index in [0.29, 0.717) is 10.8 Å². The van der Waals surface area contributed by atoms with Gasteiger partial charge in [0.1, 0.15) is 5.82 Å². The van der Waals surface area contributed by atoms with Gasteiger partial charge in [-0.05, 0) is 48.5 Å². The van der Waals surface area contributed by atoms with Crippen LogP contribution in [0.15, 0.2) is 72.8 Å². The third-order valence-corrected chi connectivity index (χ3v) is 6.03. The Labute approximate surface area is 185 Å². The minimum atomic E-state index is 0.704. The summed E-state index contributed by atoms with van der Waals surface area (Å²) in [7, 11) is 0. The van der Waals surface area contributed by atoms with Crippen molar-refractivity contribution in [3.8, 4) is 11.4 Å². The molecular weight excluding hydrogens is 415 g/mol. The molecule has 0 aliphatic carbocycles. The number of anilines is 2. The molecule has 3 aromatic carbocycles. The summed E-state index contributed by atoms with van der Waals surface area (Å²) in [6.45, 7) is 3.51. The number of fused-ring (bicyclic) bond motifs is 1. The van der Waals surface area contributed by atoms with Gasteiger partial charge in [0.25, 0.3) is 0 Å². The monoisotopic (exact) mass is 434 g/mol. The Hall–Kier alpha value is -2.82. The Morgan fingerprint density at radius 3 is 2.10 bits per heavy atom. The second kappa shape index (κ2) is 8.13. The first-order valence-corrected chi connectivity index (χ1v) is 10.7. The third kappa shape index (κ3) is 3.69. The van der Waals surface area contributed by atoms with E-state index in [4.69, 9.17) is 33.2 Å². The Kier molecular flexibility index (Phi) is 5.19. The Bertz CT molecular complexity index is 1190. The summed E-state index contributed by atoms with van der Waals surface area (Å²) >= 11 is 12.5. The lowest BCUT2D eigenvalue weighted by Gasteiger charge is -2.37. The first-order valence-electron chi connectivity index (χ1n) is 9.96. The van der Waals surface area contributed by atoms with Crippen molar-refractivity contribution in [3.63, 3.8) is 0 Å². The van der Waals surface area contributed by atoms with Crippen molar-refractivity contribution in [3.05, 3.63) is 82.8 Å². The molecule has 0 spiro atoms. The molecule has 6 heteroatoms. The van der Waals surface area contributed by atoms with Crippen molar-refractivity contribution < 1.29 is 0 Å². The first kappa shape index (κ1) is 19.2. The number of para-hydroxylation sites is 2. The average Bonchev–Trinajstić information content (AvgIpc) is 2.79. The standard InChI is InChI=1S/C24H20Cl2N4/c25-18-11-9-17(10-12-18)23-27-21-7-3-1-5-19(21)24(28-23)30-15-13-29(14-16-30)22-8-4-2-6-20(22)26/h1-12H,13-16H2. The zero-order chi connectivity index (χ0) is 20.5. The second-order valence-corrected chi connectivity index (χ2v) is 8.16. The highest BCUT2D eigenvalue weighted by Crippen LogP contribution is 2.31. The molecule has 0 atom stereocenters. The maximum atomic E-state index is 6.40. The Balaban J connectivity index is 1.48. The fraction of sp³-hybridized carbons (Fsp3) is 0.167. The van der Waals surface area contributed by atoms with E-state index >= 15 is 0 Å². The molecule has 1 aromatic heterocycles. The van der Waals surface area contributed by atoms with E-state index in [9.17, 15) is 0 Å². The minimum absolute atomic E-state index is 0.704. The number of hydrogen-bond donors (Lipinski definition) is 0. The number of piperazine rings is 1. The lowest BCUT2D eigenvalue weighted by Crippen LogP contribution is -2.47. The van der Waals surface area contributed by atoms with Gasteiger partial charge in [-0.15, -0.1) is 0 Å². The van der Waals surface area contributed by atoms with Gasteiger partial charge >= 0.3 is 0 Å². The van der Waals surface area contributed by atoms with Crippen LogP contribution in [0.25, 0.3) is 22.3 Å². The fourth-order valence-electron chi connectivity index (χ4n) is 3.90. The molecule has 5 rings (SSSR count). The maximum Gasteiger partial charge on any atom is 0.162 e. The molecule has 2 heterocycles. The van der Waals surface area contributed by atoms with Gasteiger partial charge in [-0.2, -0.15) is 0 Å².